The molecule has 4 heteroatoms. The fourth-order valence-electron chi connectivity index (χ4n) is 2.46. The van der Waals surface area contributed by atoms with Crippen LogP contribution in [0.1, 0.15) is 31.9 Å². The van der Waals surface area contributed by atoms with Gasteiger partial charge >= 0.3 is 0 Å². The van der Waals surface area contributed by atoms with E-state index in [1.807, 2.05) is 18.4 Å². The highest BCUT2D eigenvalue weighted by atomic mass is 35.5. The Morgan fingerprint density at radius 1 is 1.09 bits per heavy atom. The van der Waals surface area contributed by atoms with Crippen LogP contribution in [-0.2, 0) is 5.41 Å². The predicted molar refractivity (Wildman–Crippen MR) is 98.5 cm³/mol. The molecule has 1 heterocycles. The zero-order valence-corrected chi connectivity index (χ0v) is 15.2. The Labute approximate surface area is 145 Å². The van der Waals surface area contributed by atoms with E-state index < -0.39 is 0 Å². The van der Waals surface area contributed by atoms with Gasteiger partial charge in [-0.05, 0) is 47.7 Å². The minimum Gasteiger partial charge on any atom is -0.506 e. The molecule has 3 aromatic rings. The van der Waals surface area contributed by atoms with Crippen LogP contribution in [0, 0.1) is 6.92 Å². The number of hydrogen-bond donors (Lipinski definition) is 1. The summed E-state index contributed by atoms with van der Waals surface area (Å²) in [6, 6.07) is 9.92. The highest BCUT2D eigenvalue weighted by Crippen LogP contribution is 2.42. The molecule has 0 aliphatic heterocycles. The lowest BCUT2D eigenvalue weighted by Crippen LogP contribution is -2.10. The van der Waals surface area contributed by atoms with E-state index in [9.17, 15) is 5.11 Å². The summed E-state index contributed by atoms with van der Waals surface area (Å²) in [5.41, 5.74) is 2.23. The van der Waals surface area contributed by atoms with Gasteiger partial charge in [-0.15, -0.1) is 11.3 Å². The molecule has 2 aromatic carbocycles. The van der Waals surface area contributed by atoms with Crippen LogP contribution in [0.5, 0.6) is 17.2 Å². The van der Waals surface area contributed by atoms with E-state index >= 15 is 0 Å². The van der Waals surface area contributed by atoms with Gasteiger partial charge < -0.3 is 9.84 Å². The lowest BCUT2D eigenvalue weighted by Gasteiger charge is -2.19. The van der Waals surface area contributed by atoms with Crippen LogP contribution in [0.3, 0.4) is 0 Å². The number of aromatic hydroxyl groups is 1. The Morgan fingerprint density at radius 3 is 2.52 bits per heavy atom. The molecule has 0 aliphatic carbocycles. The van der Waals surface area contributed by atoms with Gasteiger partial charge in [0.2, 0.25) is 0 Å². The number of halogens is 1. The maximum atomic E-state index is 9.86. The number of ether oxygens (including phenoxy) is 1. The van der Waals surface area contributed by atoms with Gasteiger partial charge in [0.05, 0.1) is 0 Å². The van der Waals surface area contributed by atoms with Crippen LogP contribution in [0.2, 0.25) is 5.02 Å². The van der Waals surface area contributed by atoms with Crippen molar-refractivity contribution in [3.63, 3.8) is 0 Å². The smallest absolute Gasteiger partial charge is 0.150 e. The second-order valence-electron chi connectivity index (χ2n) is 6.76. The molecule has 0 saturated carbocycles. The summed E-state index contributed by atoms with van der Waals surface area (Å²) in [7, 11) is 0. The average molecular weight is 347 g/mol. The second kappa shape index (κ2) is 5.73. The standard InChI is InChI=1S/C19H19ClO2S/c1-11-7-14(21)18(20)15(8-11)22-16-10-23-17-6-5-12(9-13(16)17)19(2,3)4/h5-10,21H,1-4H3. The van der Waals surface area contributed by atoms with Crippen molar-refractivity contribution in [3.05, 3.63) is 51.9 Å². The van der Waals surface area contributed by atoms with Crippen LogP contribution in [0.4, 0.5) is 0 Å². The summed E-state index contributed by atoms with van der Waals surface area (Å²) in [4.78, 5) is 0. The number of fused-ring (bicyclic) bond motifs is 1. The number of rotatable bonds is 2. The monoisotopic (exact) mass is 346 g/mol. The van der Waals surface area contributed by atoms with Gasteiger partial charge in [-0.3, -0.25) is 0 Å². The van der Waals surface area contributed by atoms with Crippen molar-refractivity contribution in [3.8, 4) is 17.2 Å². The summed E-state index contributed by atoms with van der Waals surface area (Å²) in [6.07, 6.45) is 0. The molecule has 3 rings (SSSR count). The Bertz CT molecular complexity index is 875. The molecular formula is C19H19ClO2S. The maximum absolute atomic E-state index is 9.86. The molecular weight excluding hydrogens is 328 g/mol. The van der Waals surface area contributed by atoms with Crippen LogP contribution < -0.4 is 4.74 Å². The third kappa shape index (κ3) is 3.17. The number of benzene rings is 2. The highest BCUT2D eigenvalue weighted by molar-refractivity contribution is 7.17. The molecule has 0 saturated heterocycles. The van der Waals surface area contributed by atoms with Crippen LogP contribution in [0.15, 0.2) is 35.7 Å². The number of thiophene rings is 1. The van der Waals surface area contributed by atoms with E-state index in [1.54, 1.807) is 17.4 Å². The van der Waals surface area contributed by atoms with Crippen LogP contribution >= 0.6 is 22.9 Å². The van der Waals surface area contributed by atoms with E-state index in [4.69, 9.17) is 16.3 Å². The van der Waals surface area contributed by atoms with Crippen molar-refractivity contribution in [1.29, 1.82) is 0 Å². The van der Waals surface area contributed by atoms with Gasteiger partial charge in [-0.25, -0.2) is 0 Å². The first-order valence-corrected chi connectivity index (χ1v) is 8.70. The van der Waals surface area contributed by atoms with Crippen molar-refractivity contribution in [2.24, 2.45) is 0 Å². The van der Waals surface area contributed by atoms with Crippen molar-refractivity contribution >= 4 is 33.0 Å². The molecule has 0 unspecified atom stereocenters. The average Bonchev–Trinajstić information content (AvgIpc) is 2.86. The molecule has 120 valence electrons. The largest absolute Gasteiger partial charge is 0.506 e. The molecule has 1 aromatic heterocycles. The van der Waals surface area contributed by atoms with Crippen molar-refractivity contribution < 1.29 is 9.84 Å². The van der Waals surface area contributed by atoms with Gasteiger partial charge in [-0.2, -0.15) is 0 Å². The molecule has 0 aliphatic rings. The first-order valence-electron chi connectivity index (χ1n) is 7.44. The summed E-state index contributed by atoms with van der Waals surface area (Å²) in [5, 5.41) is 13.2. The quantitative estimate of drug-likeness (QED) is 0.562. The summed E-state index contributed by atoms with van der Waals surface area (Å²) in [6.45, 7) is 8.47. The molecule has 0 amide bonds. The molecule has 0 fully saturated rings. The van der Waals surface area contributed by atoms with Gasteiger partial charge in [0, 0.05) is 15.5 Å². The molecule has 0 atom stereocenters. The number of phenolic OH excluding ortho intramolecular Hbond substituents is 1. The van der Waals surface area contributed by atoms with Crippen molar-refractivity contribution in [2.75, 3.05) is 0 Å². The zero-order chi connectivity index (χ0) is 16.8. The third-order valence-electron chi connectivity index (χ3n) is 3.79. The van der Waals surface area contributed by atoms with E-state index in [1.165, 1.54) is 10.3 Å². The topological polar surface area (TPSA) is 29.5 Å². The van der Waals surface area contributed by atoms with Crippen LogP contribution in [0.25, 0.3) is 10.1 Å². The number of aryl methyl sites for hydroxylation is 1. The molecule has 0 spiro atoms. The number of phenols is 1. The summed E-state index contributed by atoms with van der Waals surface area (Å²) >= 11 is 7.80. The zero-order valence-electron chi connectivity index (χ0n) is 13.6. The first-order chi connectivity index (χ1) is 10.8. The third-order valence-corrected chi connectivity index (χ3v) is 5.11. The minimum atomic E-state index is 0.0385. The fraction of sp³-hybridized carbons (Fsp3) is 0.263. The van der Waals surface area contributed by atoms with Crippen molar-refractivity contribution in [2.45, 2.75) is 33.1 Å². The molecule has 0 bridgehead atoms. The normalized spacial score (nSPS) is 11.9. The SMILES string of the molecule is Cc1cc(O)c(Cl)c(Oc2csc3ccc(C(C)(C)C)cc23)c1. The van der Waals surface area contributed by atoms with E-state index in [2.05, 4.69) is 39.0 Å². The van der Waals surface area contributed by atoms with Gasteiger partial charge in [0.15, 0.2) is 0 Å². The van der Waals surface area contributed by atoms with Gasteiger partial charge in [-0.1, -0.05) is 38.4 Å². The molecule has 1 N–H and O–H groups in total. The summed E-state index contributed by atoms with van der Waals surface area (Å²) in [5.74, 6) is 1.28. The van der Waals surface area contributed by atoms with Gasteiger partial charge in [0.25, 0.3) is 0 Å². The molecule has 2 nitrogen and oxygen atoms in total. The van der Waals surface area contributed by atoms with Crippen molar-refractivity contribution in [1.82, 2.24) is 0 Å². The second-order valence-corrected chi connectivity index (χ2v) is 8.05. The maximum Gasteiger partial charge on any atom is 0.150 e. The van der Waals surface area contributed by atoms with Crippen LogP contribution in [-0.4, -0.2) is 5.11 Å². The van der Waals surface area contributed by atoms with Gasteiger partial charge in [0.1, 0.15) is 22.3 Å². The lowest BCUT2D eigenvalue weighted by molar-refractivity contribution is 0.457. The lowest BCUT2D eigenvalue weighted by atomic mass is 9.86. The van der Waals surface area contributed by atoms with E-state index in [0.29, 0.717) is 5.75 Å². The minimum absolute atomic E-state index is 0.0385. The predicted octanol–water partition coefficient (Wildman–Crippen LogP) is 6.66. The Morgan fingerprint density at radius 2 is 1.83 bits per heavy atom. The number of hydrogen-bond acceptors (Lipinski definition) is 3. The summed E-state index contributed by atoms with van der Waals surface area (Å²) < 4.78 is 7.18. The molecule has 23 heavy (non-hydrogen) atoms. The fourth-order valence-corrected chi connectivity index (χ4v) is 3.45. The Balaban J connectivity index is 2.07. The first kappa shape index (κ1) is 16.2. The highest BCUT2D eigenvalue weighted by Gasteiger charge is 2.17. The Hall–Kier alpha value is -1.71. The van der Waals surface area contributed by atoms with E-state index in [-0.39, 0.29) is 16.2 Å². The Kier molecular flexibility index (Phi) is 4.03. The molecule has 0 radical (unpaired) electrons. The van der Waals surface area contributed by atoms with E-state index in [0.717, 1.165) is 16.7 Å².